The van der Waals surface area contributed by atoms with Crippen molar-refractivity contribution in [3.8, 4) is 5.75 Å². The molecule has 0 unspecified atom stereocenters. The highest BCUT2D eigenvalue weighted by atomic mass is 16.5. The van der Waals surface area contributed by atoms with E-state index in [0.717, 1.165) is 22.3 Å². The van der Waals surface area contributed by atoms with Crippen molar-refractivity contribution in [1.29, 1.82) is 0 Å². The Kier molecular flexibility index (Phi) is 2.64. The molecule has 0 bridgehead atoms. The van der Waals surface area contributed by atoms with Crippen LogP contribution in [-0.2, 0) is 12.5 Å². The minimum Gasteiger partial charge on any atom is -0.496 e. The number of methoxy groups -OCH3 is 1. The second-order valence-electron chi connectivity index (χ2n) is 5.53. The van der Waals surface area contributed by atoms with E-state index in [2.05, 4.69) is 38.9 Å². The fourth-order valence-corrected chi connectivity index (χ4v) is 2.27. The van der Waals surface area contributed by atoms with Crippen LogP contribution in [0.25, 0.3) is 10.9 Å². The van der Waals surface area contributed by atoms with Crippen LogP contribution >= 0.6 is 0 Å². The summed E-state index contributed by atoms with van der Waals surface area (Å²) in [6.45, 7) is 8.64. The van der Waals surface area contributed by atoms with E-state index in [0.29, 0.717) is 0 Å². The van der Waals surface area contributed by atoms with Gasteiger partial charge in [0.25, 0.3) is 0 Å². The lowest BCUT2D eigenvalue weighted by molar-refractivity contribution is 0.418. The second-order valence-corrected chi connectivity index (χ2v) is 5.53. The smallest absolute Gasteiger partial charge is 0.130 e. The fraction of sp³-hybridized carbons (Fsp3) is 0.500. The Morgan fingerprint density at radius 3 is 2.41 bits per heavy atom. The number of rotatable bonds is 1. The molecule has 0 aliphatic rings. The van der Waals surface area contributed by atoms with Crippen LogP contribution in [0.2, 0.25) is 0 Å². The number of hydrogen-bond acceptors (Lipinski definition) is 2. The Morgan fingerprint density at radius 1 is 1.24 bits per heavy atom. The predicted octanol–water partition coefficient (Wildman–Crippen LogP) is 3.19. The molecule has 2 rings (SSSR count). The van der Waals surface area contributed by atoms with Crippen molar-refractivity contribution in [1.82, 2.24) is 9.78 Å². The van der Waals surface area contributed by atoms with E-state index in [9.17, 15) is 0 Å². The molecule has 0 radical (unpaired) electrons. The molecule has 1 aromatic carbocycles. The second kappa shape index (κ2) is 3.76. The summed E-state index contributed by atoms with van der Waals surface area (Å²) >= 11 is 0. The average Bonchev–Trinajstić information content (AvgIpc) is 2.58. The minimum absolute atomic E-state index is 0.0145. The molecule has 3 heteroatoms. The van der Waals surface area contributed by atoms with Crippen LogP contribution in [0.4, 0.5) is 0 Å². The van der Waals surface area contributed by atoms with Crippen molar-refractivity contribution in [2.75, 3.05) is 7.11 Å². The fourth-order valence-electron chi connectivity index (χ4n) is 2.27. The van der Waals surface area contributed by atoms with Crippen LogP contribution in [0.15, 0.2) is 12.1 Å². The van der Waals surface area contributed by atoms with Crippen LogP contribution in [0, 0.1) is 6.92 Å². The zero-order chi connectivity index (χ0) is 12.8. The lowest BCUT2D eigenvalue weighted by atomic mass is 9.89. The van der Waals surface area contributed by atoms with Gasteiger partial charge in [0.2, 0.25) is 0 Å². The Morgan fingerprint density at radius 2 is 1.88 bits per heavy atom. The Balaban J connectivity index is 2.92. The molecule has 0 saturated heterocycles. The van der Waals surface area contributed by atoms with Crippen LogP contribution in [-0.4, -0.2) is 16.9 Å². The van der Waals surface area contributed by atoms with Gasteiger partial charge in [0.15, 0.2) is 0 Å². The number of fused-ring (bicyclic) bond motifs is 1. The summed E-state index contributed by atoms with van der Waals surface area (Å²) in [5.74, 6) is 0.906. The van der Waals surface area contributed by atoms with Gasteiger partial charge in [-0.25, -0.2) is 0 Å². The first-order chi connectivity index (χ1) is 7.86. The maximum absolute atomic E-state index is 5.48. The number of ether oxygens (including phenoxy) is 1. The lowest BCUT2D eigenvalue weighted by Gasteiger charge is -2.16. The minimum atomic E-state index is 0.0145. The summed E-state index contributed by atoms with van der Waals surface area (Å²) in [5.41, 5.74) is 3.50. The molecule has 0 N–H and O–H groups in total. The maximum Gasteiger partial charge on any atom is 0.130 e. The van der Waals surface area contributed by atoms with Crippen molar-refractivity contribution in [3.05, 3.63) is 23.4 Å². The van der Waals surface area contributed by atoms with Crippen LogP contribution in [0.1, 0.15) is 32.0 Å². The number of nitrogens with zero attached hydrogens (tertiary/aromatic N) is 2. The number of hydrogen-bond donors (Lipinski definition) is 0. The molecule has 0 amide bonds. The molecule has 92 valence electrons. The van der Waals surface area contributed by atoms with Gasteiger partial charge in [-0.15, -0.1) is 0 Å². The number of benzene rings is 1. The monoisotopic (exact) mass is 232 g/mol. The lowest BCUT2D eigenvalue weighted by Crippen LogP contribution is -2.13. The highest BCUT2D eigenvalue weighted by Gasteiger charge is 2.24. The van der Waals surface area contributed by atoms with Gasteiger partial charge >= 0.3 is 0 Å². The molecular weight excluding hydrogens is 212 g/mol. The SMILES string of the molecule is COc1ccc(C)c2c1c(C(C)(C)C)nn2C. The molecule has 1 aromatic heterocycles. The van der Waals surface area contributed by atoms with Gasteiger partial charge in [-0.2, -0.15) is 5.10 Å². The Labute approximate surface area is 102 Å². The van der Waals surface area contributed by atoms with E-state index in [4.69, 9.17) is 4.74 Å². The van der Waals surface area contributed by atoms with E-state index in [-0.39, 0.29) is 5.41 Å². The first-order valence-electron chi connectivity index (χ1n) is 5.87. The largest absolute Gasteiger partial charge is 0.496 e. The summed E-state index contributed by atoms with van der Waals surface area (Å²) < 4.78 is 7.43. The molecule has 3 nitrogen and oxygen atoms in total. The van der Waals surface area contributed by atoms with Crippen LogP contribution < -0.4 is 4.74 Å². The summed E-state index contributed by atoms with van der Waals surface area (Å²) in [4.78, 5) is 0. The molecule has 0 spiro atoms. The van der Waals surface area contributed by atoms with Gasteiger partial charge in [0, 0.05) is 12.5 Å². The van der Waals surface area contributed by atoms with E-state index in [1.807, 2.05) is 17.8 Å². The van der Waals surface area contributed by atoms with Gasteiger partial charge in [-0.1, -0.05) is 26.8 Å². The maximum atomic E-state index is 5.48. The van der Waals surface area contributed by atoms with E-state index >= 15 is 0 Å². The molecule has 0 saturated carbocycles. The molecule has 0 aliphatic carbocycles. The predicted molar refractivity (Wildman–Crippen MR) is 70.7 cm³/mol. The van der Waals surface area contributed by atoms with E-state index < -0.39 is 0 Å². The van der Waals surface area contributed by atoms with Crippen molar-refractivity contribution >= 4 is 10.9 Å². The quantitative estimate of drug-likeness (QED) is 0.755. The third kappa shape index (κ3) is 1.79. The standard InChI is InChI=1S/C14H20N2O/c1-9-7-8-10(17-6)11-12(9)16(5)15-13(11)14(2,3)4/h7-8H,1-6H3. The van der Waals surface area contributed by atoms with Crippen molar-refractivity contribution in [3.63, 3.8) is 0 Å². The summed E-state index contributed by atoms with van der Waals surface area (Å²) in [6.07, 6.45) is 0. The van der Waals surface area contributed by atoms with Gasteiger partial charge in [-0.05, 0) is 18.6 Å². The molecule has 1 heterocycles. The van der Waals surface area contributed by atoms with Gasteiger partial charge in [0.1, 0.15) is 5.75 Å². The van der Waals surface area contributed by atoms with Crippen molar-refractivity contribution in [2.45, 2.75) is 33.1 Å². The summed E-state index contributed by atoms with van der Waals surface area (Å²) in [5, 5.41) is 5.81. The van der Waals surface area contributed by atoms with Crippen molar-refractivity contribution < 1.29 is 4.74 Å². The van der Waals surface area contributed by atoms with Gasteiger partial charge < -0.3 is 4.74 Å². The summed E-state index contributed by atoms with van der Waals surface area (Å²) in [6, 6.07) is 4.10. The molecule has 0 aliphatic heterocycles. The summed E-state index contributed by atoms with van der Waals surface area (Å²) in [7, 11) is 3.70. The van der Waals surface area contributed by atoms with Crippen molar-refractivity contribution in [2.24, 2.45) is 7.05 Å². The third-order valence-electron chi connectivity index (χ3n) is 3.08. The normalized spacial score (nSPS) is 12.1. The average molecular weight is 232 g/mol. The molecule has 0 atom stereocenters. The highest BCUT2D eigenvalue weighted by molar-refractivity contribution is 5.91. The van der Waals surface area contributed by atoms with Gasteiger partial charge in [0.05, 0.1) is 23.7 Å². The van der Waals surface area contributed by atoms with E-state index in [1.54, 1.807) is 7.11 Å². The molecular formula is C14H20N2O. The third-order valence-corrected chi connectivity index (χ3v) is 3.08. The molecule has 2 aromatic rings. The number of aromatic nitrogens is 2. The topological polar surface area (TPSA) is 27.1 Å². The van der Waals surface area contributed by atoms with Crippen LogP contribution in [0.5, 0.6) is 5.75 Å². The van der Waals surface area contributed by atoms with Crippen LogP contribution in [0.3, 0.4) is 0 Å². The number of aryl methyl sites for hydroxylation is 2. The first-order valence-corrected chi connectivity index (χ1v) is 5.87. The van der Waals surface area contributed by atoms with Gasteiger partial charge in [-0.3, -0.25) is 4.68 Å². The Bertz CT molecular complexity index is 562. The zero-order valence-electron chi connectivity index (χ0n) is 11.5. The first kappa shape index (κ1) is 12.0. The highest BCUT2D eigenvalue weighted by Crippen LogP contribution is 2.36. The molecule has 0 fully saturated rings. The molecule has 17 heavy (non-hydrogen) atoms. The Hall–Kier alpha value is -1.51. The van der Waals surface area contributed by atoms with E-state index in [1.165, 1.54) is 5.56 Å². The zero-order valence-corrected chi connectivity index (χ0v) is 11.5.